The summed E-state index contributed by atoms with van der Waals surface area (Å²) in [5.41, 5.74) is 5.42. The summed E-state index contributed by atoms with van der Waals surface area (Å²) in [6.45, 7) is 3.58. The van der Waals surface area contributed by atoms with Crippen LogP contribution in [0.5, 0.6) is 0 Å². The topological polar surface area (TPSA) is 134 Å². The zero-order chi connectivity index (χ0) is 68.6. The van der Waals surface area contributed by atoms with E-state index in [1.165, 1.54) is 263 Å². The van der Waals surface area contributed by atoms with Gasteiger partial charge in [-0.25, -0.2) is 4.57 Å². The van der Waals surface area contributed by atoms with Crippen LogP contribution in [0.3, 0.4) is 0 Å². The van der Waals surface area contributed by atoms with Gasteiger partial charge in [0.05, 0.1) is 13.2 Å². The maximum atomic E-state index is 12.8. The summed E-state index contributed by atoms with van der Waals surface area (Å²) in [6, 6.07) is 0. The largest absolute Gasteiger partial charge is 0.472 e. The monoisotopic (exact) mass is 1350 g/mol. The number of unbranched alkanes of at least 4 members (excludes halogenated alkanes) is 45. The van der Waals surface area contributed by atoms with E-state index < -0.39 is 26.5 Å². The van der Waals surface area contributed by atoms with E-state index in [0.29, 0.717) is 6.42 Å². The first-order valence-corrected chi connectivity index (χ1v) is 41.9. The molecule has 0 aromatic heterocycles. The van der Waals surface area contributed by atoms with Crippen LogP contribution in [0.25, 0.3) is 0 Å². The van der Waals surface area contributed by atoms with Crippen LogP contribution in [-0.4, -0.2) is 49.3 Å². The number of hydrogen-bond donors (Lipinski definition) is 2. The van der Waals surface area contributed by atoms with E-state index in [9.17, 15) is 19.0 Å². The molecule has 0 bridgehead atoms. The normalized spacial score (nSPS) is 13.4. The summed E-state index contributed by atoms with van der Waals surface area (Å²) in [7, 11) is -4.40. The minimum absolute atomic E-state index is 0.0534. The molecule has 3 N–H and O–H groups in total. The first-order valence-electron chi connectivity index (χ1n) is 40.4. The Morgan fingerprint density at radius 1 is 0.316 bits per heavy atom. The van der Waals surface area contributed by atoms with Crippen molar-refractivity contribution >= 4 is 19.8 Å². The fraction of sp³-hybridized carbons (Fsp3) is 0.765. The zero-order valence-corrected chi connectivity index (χ0v) is 63.0. The van der Waals surface area contributed by atoms with Crippen molar-refractivity contribution < 1.29 is 37.6 Å². The van der Waals surface area contributed by atoms with Gasteiger partial charge in [0.15, 0.2) is 6.10 Å². The van der Waals surface area contributed by atoms with Crippen molar-refractivity contribution in [3.63, 3.8) is 0 Å². The van der Waals surface area contributed by atoms with E-state index in [0.717, 1.165) is 89.9 Å². The van der Waals surface area contributed by atoms with Crippen molar-refractivity contribution in [3.8, 4) is 0 Å². The number of nitrogens with two attached hydrogens (primary N) is 1. The average Bonchev–Trinajstić information content (AvgIpc) is 2.64. The molecule has 10 heteroatoms. The Morgan fingerprint density at radius 2 is 0.547 bits per heavy atom. The Morgan fingerprint density at radius 3 is 0.811 bits per heavy atom. The molecule has 0 aliphatic rings. The minimum atomic E-state index is -4.40. The summed E-state index contributed by atoms with van der Waals surface area (Å²) < 4.78 is 33.3. The maximum absolute atomic E-state index is 12.8. The summed E-state index contributed by atoms with van der Waals surface area (Å²) in [5.74, 6) is -0.808. The van der Waals surface area contributed by atoms with Gasteiger partial charge in [-0.3, -0.25) is 18.6 Å². The molecule has 9 nitrogen and oxygen atoms in total. The number of phosphoric ester groups is 1. The molecule has 0 amide bonds. The molecular weight excluding hydrogens is 1190 g/mol. The van der Waals surface area contributed by atoms with E-state index >= 15 is 0 Å². The van der Waals surface area contributed by atoms with Crippen molar-refractivity contribution in [3.05, 3.63) is 109 Å². The Bertz CT molecular complexity index is 1930. The Balaban J connectivity index is 3.77. The van der Waals surface area contributed by atoms with Gasteiger partial charge in [0.2, 0.25) is 0 Å². The van der Waals surface area contributed by atoms with Crippen molar-refractivity contribution in [2.45, 2.75) is 392 Å². The fourth-order valence-corrected chi connectivity index (χ4v) is 12.5. The molecule has 0 aromatic rings. The molecular formula is C85H152NO8P. The van der Waals surface area contributed by atoms with Crippen LogP contribution in [0.4, 0.5) is 0 Å². The third-order valence-corrected chi connectivity index (χ3v) is 18.6. The minimum Gasteiger partial charge on any atom is -0.462 e. The predicted molar refractivity (Wildman–Crippen MR) is 413 cm³/mol. The van der Waals surface area contributed by atoms with Gasteiger partial charge < -0.3 is 20.1 Å². The van der Waals surface area contributed by atoms with Crippen LogP contribution >= 0.6 is 7.82 Å². The zero-order valence-electron chi connectivity index (χ0n) is 62.1. The van der Waals surface area contributed by atoms with Crippen LogP contribution in [0, 0.1) is 0 Å². The molecule has 0 heterocycles. The van der Waals surface area contributed by atoms with Crippen LogP contribution in [0.2, 0.25) is 0 Å². The molecule has 2 atom stereocenters. The predicted octanol–water partition coefficient (Wildman–Crippen LogP) is 27.2. The van der Waals surface area contributed by atoms with E-state index in [1.807, 2.05) is 0 Å². The first kappa shape index (κ1) is 91.7. The first-order chi connectivity index (χ1) is 46.8. The number of esters is 2. The lowest BCUT2D eigenvalue weighted by Crippen LogP contribution is -2.29. The number of phosphoric acid groups is 1. The lowest BCUT2D eigenvalue weighted by molar-refractivity contribution is -0.161. The van der Waals surface area contributed by atoms with Crippen molar-refractivity contribution in [1.29, 1.82) is 0 Å². The Kier molecular flexibility index (Phi) is 76.9. The molecule has 0 spiro atoms. The molecule has 0 aromatic carbocycles. The Hall–Kier alpha value is -3.33. The second-order valence-corrected chi connectivity index (χ2v) is 28.3. The maximum Gasteiger partial charge on any atom is 0.472 e. The SMILES string of the molecule is CC/C=C\C/C=C\C/C=C\C/C=C\C/C=C\CCCCCCCCCCCCCCCCCCCCCCCC(=O)OC(COC(=O)CCCCCCCCCCCCCCCCCCCCCCCCCC/C=C\C/C=C\C/C=C\C/C=C\CC)COP(=O)(O)OCCN. The highest BCUT2D eigenvalue weighted by Gasteiger charge is 2.26. The number of allylic oxidation sites excluding steroid dienone is 18. The van der Waals surface area contributed by atoms with Gasteiger partial charge in [0, 0.05) is 19.4 Å². The van der Waals surface area contributed by atoms with Crippen molar-refractivity contribution in [2.75, 3.05) is 26.4 Å². The summed E-state index contributed by atoms with van der Waals surface area (Å²) in [6.07, 6.45) is 111. The number of carbonyl (C=O) groups is 2. The fourth-order valence-electron chi connectivity index (χ4n) is 11.8. The van der Waals surface area contributed by atoms with Gasteiger partial charge in [0.25, 0.3) is 0 Å². The molecule has 0 rings (SSSR count). The van der Waals surface area contributed by atoms with E-state index in [2.05, 4.69) is 123 Å². The highest BCUT2D eigenvalue weighted by atomic mass is 31.2. The molecule has 0 saturated heterocycles. The second kappa shape index (κ2) is 79.7. The molecule has 0 fully saturated rings. The average molecular weight is 1350 g/mol. The van der Waals surface area contributed by atoms with E-state index in [4.69, 9.17) is 24.3 Å². The molecule has 0 saturated carbocycles. The van der Waals surface area contributed by atoms with Crippen LogP contribution in [0.1, 0.15) is 386 Å². The third-order valence-electron chi connectivity index (χ3n) is 17.7. The van der Waals surface area contributed by atoms with Gasteiger partial charge >= 0.3 is 19.8 Å². The van der Waals surface area contributed by atoms with Crippen LogP contribution in [-0.2, 0) is 32.7 Å². The van der Waals surface area contributed by atoms with Crippen LogP contribution in [0.15, 0.2) is 109 Å². The lowest BCUT2D eigenvalue weighted by atomic mass is 10.0. The number of rotatable bonds is 76. The molecule has 2 unspecified atom stereocenters. The van der Waals surface area contributed by atoms with E-state index in [1.54, 1.807) is 0 Å². The lowest BCUT2D eigenvalue weighted by Gasteiger charge is -2.19. The quantitative estimate of drug-likeness (QED) is 0.0264. The van der Waals surface area contributed by atoms with Gasteiger partial charge in [-0.2, -0.15) is 0 Å². The second-order valence-electron chi connectivity index (χ2n) is 26.9. The van der Waals surface area contributed by atoms with Gasteiger partial charge in [0.1, 0.15) is 6.61 Å². The standard InChI is InChI=1S/C85H152NO8P/c1-3-5-7-9-11-13-15-17-19-21-23-25-27-29-31-33-35-37-39-41-43-45-47-49-51-53-55-57-59-61-63-65-67-69-71-73-75-77-84(87)91-81-83(82-93-95(89,90)92-80-79-86)94-85(88)78-76-74-72-70-68-66-64-62-60-58-56-54-52-50-48-46-44-42-40-38-36-34-32-30-28-26-24-22-20-18-16-14-12-10-8-6-4-2/h5-8,11-14,17-20,23-26,30,32,83H,3-4,9-10,15-16,21-22,27-29,31,33-82,86H2,1-2H3,(H,89,90)/b7-5-,8-6-,13-11-,14-12-,19-17-,20-18-,25-23-,26-24-,32-30-. The number of ether oxygens (including phenoxy) is 2. The summed E-state index contributed by atoms with van der Waals surface area (Å²) in [5, 5.41) is 0. The Labute approximate surface area is 588 Å². The smallest absolute Gasteiger partial charge is 0.462 e. The summed E-state index contributed by atoms with van der Waals surface area (Å²) in [4.78, 5) is 35.5. The molecule has 550 valence electrons. The van der Waals surface area contributed by atoms with Crippen molar-refractivity contribution in [1.82, 2.24) is 0 Å². The van der Waals surface area contributed by atoms with Crippen LogP contribution < -0.4 is 5.73 Å². The van der Waals surface area contributed by atoms with Gasteiger partial charge in [-0.1, -0.05) is 386 Å². The molecule has 0 aliphatic carbocycles. The third kappa shape index (κ3) is 79.5. The van der Waals surface area contributed by atoms with Gasteiger partial charge in [-0.15, -0.1) is 0 Å². The highest BCUT2D eigenvalue weighted by molar-refractivity contribution is 7.47. The highest BCUT2D eigenvalue weighted by Crippen LogP contribution is 2.43. The van der Waals surface area contributed by atoms with E-state index in [-0.39, 0.29) is 38.6 Å². The summed E-state index contributed by atoms with van der Waals surface area (Å²) >= 11 is 0. The number of hydrogen-bond acceptors (Lipinski definition) is 8. The molecule has 95 heavy (non-hydrogen) atoms. The van der Waals surface area contributed by atoms with Gasteiger partial charge in [-0.05, 0) is 96.3 Å². The molecule has 0 radical (unpaired) electrons. The number of carbonyl (C=O) groups excluding carboxylic acids is 2. The molecule has 0 aliphatic heterocycles. The van der Waals surface area contributed by atoms with Crippen molar-refractivity contribution in [2.24, 2.45) is 5.73 Å².